The molecule has 2 unspecified atom stereocenters. The minimum atomic E-state index is 0.967. The van der Waals surface area contributed by atoms with Crippen LogP contribution in [0.25, 0.3) is 0 Å². The number of nitrogens with one attached hydrogen (secondary N) is 1. The van der Waals surface area contributed by atoms with Gasteiger partial charge in [-0.05, 0) is 37.8 Å². The molecular weight excluding hydrogens is 170 g/mol. The van der Waals surface area contributed by atoms with Gasteiger partial charge >= 0.3 is 0 Å². The Balaban J connectivity index is 2.28. The van der Waals surface area contributed by atoms with Gasteiger partial charge in [-0.15, -0.1) is 0 Å². The van der Waals surface area contributed by atoms with Gasteiger partial charge in [0.25, 0.3) is 0 Å². The van der Waals surface area contributed by atoms with Gasteiger partial charge in [0.2, 0.25) is 0 Å². The topological polar surface area (TPSA) is 12.0 Å². The maximum Gasteiger partial charge on any atom is -0.00179 e. The summed E-state index contributed by atoms with van der Waals surface area (Å²) in [5, 5.41) is 3.60. The molecule has 1 rings (SSSR count). The molecule has 1 aliphatic carbocycles. The van der Waals surface area contributed by atoms with Gasteiger partial charge < -0.3 is 5.32 Å². The van der Waals surface area contributed by atoms with E-state index in [1.165, 1.54) is 58.0 Å². The molecule has 0 amide bonds. The molecule has 0 aliphatic heterocycles. The van der Waals surface area contributed by atoms with Crippen LogP contribution in [0.2, 0.25) is 0 Å². The van der Waals surface area contributed by atoms with Gasteiger partial charge in [-0.2, -0.15) is 0 Å². The Labute approximate surface area is 89.7 Å². The highest BCUT2D eigenvalue weighted by Crippen LogP contribution is 2.30. The lowest BCUT2D eigenvalue weighted by molar-refractivity contribution is 0.292. The second kappa shape index (κ2) is 7.28. The van der Waals surface area contributed by atoms with E-state index in [4.69, 9.17) is 0 Å². The molecule has 0 radical (unpaired) electrons. The number of hydrogen-bond donors (Lipinski definition) is 1. The van der Waals surface area contributed by atoms with Crippen molar-refractivity contribution >= 4 is 0 Å². The lowest BCUT2D eigenvalue weighted by Crippen LogP contribution is -2.28. The second-order valence-corrected chi connectivity index (χ2v) is 4.77. The Kier molecular flexibility index (Phi) is 6.25. The normalized spacial score (nSPS) is 28.7. The number of hydrogen-bond acceptors (Lipinski definition) is 1. The van der Waals surface area contributed by atoms with Crippen LogP contribution in [-0.2, 0) is 0 Å². The van der Waals surface area contributed by atoms with Gasteiger partial charge in [-0.25, -0.2) is 0 Å². The molecule has 1 heteroatoms. The highest BCUT2D eigenvalue weighted by atomic mass is 14.9. The molecule has 2 atom stereocenters. The summed E-state index contributed by atoms with van der Waals surface area (Å²) >= 11 is 0. The molecule has 1 saturated carbocycles. The molecular formula is C13H27N. The summed E-state index contributed by atoms with van der Waals surface area (Å²) in [5.74, 6) is 1.97. The van der Waals surface area contributed by atoms with Crippen LogP contribution in [0, 0.1) is 11.8 Å². The minimum absolute atomic E-state index is 0.967. The fraction of sp³-hybridized carbons (Fsp3) is 1.00. The van der Waals surface area contributed by atoms with Crippen LogP contribution in [0.1, 0.15) is 58.8 Å². The molecule has 0 saturated heterocycles. The summed E-state index contributed by atoms with van der Waals surface area (Å²) in [6, 6.07) is 0. The predicted molar refractivity (Wildman–Crippen MR) is 63.5 cm³/mol. The van der Waals surface area contributed by atoms with E-state index in [0.717, 1.165) is 11.8 Å². The fourth-order valence-corrected chi connectivity index (χ4v) is 2.73. The van der Waals surface area contributed by atoms with E-state index in [9.17, 15) is 0 Å². The van der Waals surface area contributed by atoms with Crippen LogP contribution in [0.3, 0.4) is 0 Å². The van der Waals surface area contributed by atoms with E-state index in [1.54, 1.807) is 0 Å². The molecule has 0 aromatic carbocycles. The molecule has 1 fully saturated rings. The first-order chi connectivity index (χ1) is 6.88. The van der Waals surface area contributed by atoms with Crippen molar-refractivity contribution in [2.24, 2.45) is 11.8 Å². The van der Waals surface area contributed by atoms with Crippen molar-refractivity contribution in [3.8, 4) is 0 Å². The SMILES string of the molecule is CCCNCC1CCCCCC1CC. The zero-order chi connectivity index (χ0) is 10.2. The summed E-state index contributed by atoms with van der Waals surface area (Å²) in [6.45, 7) is 7.08. The Bertz CT molecular complexity index is 133. The fourth-order valence-electron chi connectivity index (χ4n) is 2.73. The molecule has 1 aliphatic rings. The summed E-state index contributed by atoms with van der Waals surface area (Å²) in [5.41, 5.74) is 0. The molecule has 1 nitrogen and oxygen atoms in total. The summed E-state index contributed by atoms with van der Waals surface area (Å²) in [4.78, 5) is 0. The predicted octanol–water partition coefficient (Wildman–Crippen LogP) is 3.59. The van der Waals surface area contributed by atoms with E-state index in [0.29, 0.717) is 0 Å². The maximum atomic E-state index is 3.60. The van der Waals surface area contributed by atoms with Gasteiger partial charge in [-0.3, -0.25) is 0 Å². The highest BCUT2D eigenvalue weighted by molar-refractivity contribution is 4.74. The smallest absolute Gasteiger partial charge is 0.00179 e. The molecule has 0 spiro atoms. The third kappa shape index (κ3) is 4.00. The molecule has 0 bridgehead atoms. The third-order valence-corrected chi connectivity index (χ3v) is 3.67. The van der Waals surface area contributed by atoms with Crippen molar-refractivity contribution in [2.45, 2.75) is 58.8 Å². The monoisotopic (exact) mass is 197 g/mol. The molecule has 1 N–H and O–H groups in total. The van der Waals surface area contributed by atoms with E-state index >= 15 is 0 Å². The standard InChI is InChI=1S/C13H27N/c1-3-10-14-11-13-9-7-5-6-8-12(13)4-2/h12-14H,3-11H2,1-2H3. The Hall–Kier alpha value is -0.0400. The van der Waals surface area contributed by atoms with Crippen molar-refractivity contribution in [1.29, 1.82) is 0 Å². The molecule has 0 aromatic rings. The Morgan fingerprint density at radius 1 is 1.00 bits per heavy atom. The van der Waals surface area contributed by atoms with E-state index < -0.39 is 0 Å². The van der Waals surface area contributed by atoms with E-state index in [2.05, 4.69) is 19.2 Å². The first kappa shape index (κ1) is 12.0. The lowest BCUT2D eigenvalue weighted by Gasteiger charge is -2.24. The Morgan fingerprint density at radius 2 is 1.71 bits per heavy atom. The van der Waals surface area contributed by atoms with Crippen LogP contribution in [-0.4, -0.2) is 13.1 Å². The molecule has 0 heterocycles. The van der Waals surface area contributed by atoms with Crippen LogP contribution in [0.4, 0.5) is 0 Å². The van der Waals surface area contributed by atoms with E-state index in [-0.39, 0.29) is 0 Å². The third-order valence-electron chi connectivity index (χ3n) is 3.67. The Morgan fingerprint density at radius 3 is 2.36 bits per heavy atom. The van der Waals surface area contributed by atoms with Crippen molar-refractivity contribution in [2.75, 3.05) is 13.1 Å². The van der Waals surface area contributed by atoms with Crippen molar-refractivity contribution in [3.05, 3.63) is 0 Å². The van der Waals surface area contributed by atoms with Gasteiger partial charge in [0.05, 0.1) is 0 Å². The zero-order valence-electron chi connectivity index (χ0n) is 10.0. The molecule has 0 aromatic heterocycles. The van der Waals surface area contributed by atoms with E-state index in [1.807, 2.05) is 0 Å². The largest absolute Gasteiger partial charge is 0.316 e. The maximum absolute atomic E-state index is 3.60. The first-order valence-electron chi connectivity index (χ1n) is 6.59. The highest BCUT2D eigenvalue weighted by Gasteiger charge is 2.21. The summed E-state index contributed by atoms with van der Waals surface area (Å²) in [7, 11) is 0. The average molecular weight is 197 g/mol. The lowest BCUT2D eigenvalue weighted by atomic mass is 9.86. The number of rotatable bonds is 5. The summed E-state index contributed by atoms with van der Waals surface area (Å²) in [6.07, 6.45) is 10.0. The van der Waals surface area contributed by atoms with Crippen LogP contribution in [0.5, 0.6) is 0 Å². The minimum Gasteiger partial charge on any atom is -0.316 e. The quantitative estimate of drug-likeness (QED) is 0.524. The molecule has 84 valence electrons. The van der Waals surface area contributed by atoms with Gasteiger partial charge in [-0.1, -0.05) is 46.0 Å². The van der Waals surface area contributed by atoms with Gasteiger partial charge in [0.15, 0.2) is 0 Å². The van der Waals surface area contributed by atoms with Crippen molar-refractivity contribution < 1.29 is 0 Å². The zero-order valence-corrected chi connectivity index (χ0v) is 10.0. The average Bonchev–Trinajstić information content (AvgIpc) is 2.43. The van der Waals surface area contributed by atoms with Crippen LogP contribution in [0.15, 0.2) is 0 Å². The van der Waals surface area contributed by atoms with Crippen molar-refractivity contribution in [3.63, 3.8) is 0 Å². The second-order valence-electron chi connectivity index (χ2n) is 4.77. The molecule has 14 heavy (non-hydrogen) atoms. The van der Waals surface area contributed by atoms with Crippen LogP contribution < -0.4 is 5.32 Å². The van der Waals surface area contributed by atoms with Gasteiger partial charge in [0.1, 0.15) is 0 Å². The van der Waals surface area contributed by atoms with Crippen LogP contribution >= 0.6 is 0 Å². The van der Waals surface area contributed by atoms with Crippen molar-refractivity contribution in [1.82, 2.24) is 5.32 Å². The summed E-state index contributed by atoms with van der Waals surface area (Å²) < 4.78 is 0. The first-order valence-corrected chi connectivity index (χ1v) is 6.59. The van der Waals surface area contributed by atoms with Gasteiger partial charge in [0, 0.05) is 0 Å².